The van der Waals surface area contributed by atoms with Crippen LogP contribution in [-0.2, 0) is 4.79 Å². The van der Waals surface area contributed by atoms with E-state index in [2.05, 4.69) is 21.3 Å². The van der Waals surface area contributed by atoms with Crippen molar-refractivity contribution < 1.29 is 14.3 Å². The average molecular weight is 383 g/mol. The summed E-state index contributed by atoms with van der Waals surface area (Å²) in [4.78, 5) is 19.0. The number of benzene rings is 1. The van der Waals surface area contributed by atoms with E-state index in [0.29, 0.717) is 42.1 Å². The summed E-state index contributed by atoms with van der Waals surface area (Å²) in [5.41, 5.74) is 7.49. The Morgan fingerprint density at radius 3 is 2.82 bits per heavy atom. The highest BCUT2D eigenvalue weighted by Crippen LogP contribution is 2.37. The first kappa shape index (κ1) is 19.9. The van der Waals surface area contributed by atoms with Gasteiger partial charge >= 0.3 is 0 Å². The molecule has 1 aliphatic heterocycles. The number of rotatable bonds is 6. The lowest BCUT2D eigenvalue weighted by Crippen LogP contribution is -2.44. The van der Waals surface area contributed by atoms with Gasteiger partial charge in [0, 0.05) is 37.2 Å². The largest absolute Gasteiger partial charge is 0.493 e. The van der Waals surface area contributed by atoms with Crippen molar-refractivity contribution in [2.45, 2.75) is 18.9 Å². The number of ketones is 1. The molecule has 0 amide bonds. The lowest BCUT2D eigenvalue weighted by molar-refractivity contribution is -0.120. The van der Waals surface area contributed by atoms with Crippen LogP contribution in [0.4, 0.5) is 5.69 Å². The Labute approximate surface area is 164 Å². The fourth-order valence-electron chi connectivity index (χ4n) is 3.59. The zero-order valence-electron chi connectivity index (χ0n) is 16.2. The van der Waals surface area contributed by atoms with Gasteiger partial charge in [0.25, 0.3) is 0 Å². The molecule has 148 valence electrons. The highest BCUT2D eigenvalue weighted by Gasteiger charge is 2.26. The number of hydrogen-bond donors (Lipinski definition) is 2. The van der Waals surface area contributed by atoms with Crippen LogP contribution in [0.25, 0.3) is 10.9 Å². The number of fused-ring (bicyclic) bond motifs is 1. The first-order valence-corrected chi connectivity index (χ1v) is 9.28. The molecular formula is C20H25N5O3. The van der Waals surface area contributed by atoms with Gasteiger partial charge < -0.3 is 25.4 Å². The molecule has 1 fully saturated rings. The monoisotopic (exact) mass is 383 g/mol. The third-order valence-corrected chi connectivity index (χ3v) is 4.96. The quantitative estimate of drug-likeness (QED) is 0.765. The van der Waals surface area contributed by atoms with Gasteiger partial charge in [0.05, 0.1) is 37.0 Å². The Morgan fingerprint density at radius 1 is 1.39 bits per heavy atom. The standard InChI is InChI=1S/C20H25N5O3/c1-27-18-8-14-15(9-19(18)28-2)24-11-13(10-22)20(14)25-7-3-6-23-16(12-25)17(26)4-5-21/h8-9,11,16,23H,3-7,12,21H2,1-2H3. The molecule has 0 radical (unpaired) electrons. The van der Waals surface area contributed by atoms with Crippen LogP contribution in [0.1, 0.15) is 18.4 Å². The van der Waals surface area contributed by atoms with Crippen molar-refractivity contribution in [3.63, 3.8) is 0 Å². The average Bonchev–Trinajstić information content (AvgIpc) is 2.98. The molecular weight excluding hydrogens is 358 g/mol. The molecule has 1 atom stereocenters. The van der Waals surface area contributed by atoms with E-state index in [-0.39, 0.29) is 11.8 Å². The lowest BCUT2D eigenvalue weighted by Gasteiger charge is -2.28. The number of aromatic nitrogens is 1. The number of carbonyl (C=O) groups is 1. The molecule has 0 saturated carbocycles. The maximum Gasteiger partial charge on any atom is 0.162 e. The third-order valence-electron chi connectivity index (χ3n) is 4.96. The number of carbonyl (C=O) groups excluding carboxylic acids is 1. The number of methoxy groups -OCH3 is 2. The first-order chi connectivity index (χ1) is 13.6. The van der Waals surface area contributed by atoms with Crippen molar-refractivity contribution in [1.82, 2.24) is 10.3 Å². The second-order valence-corrected chi connectivity index (χ2v) is 6.67. The van der Waals surface area contributed by atoms with E-state index in [4.69, 9.17) is 15.2 Å². The molecule has 1 unspecified atom stereocenters. The van der Waals surface area contributed by atoms with Gasteiger partial charge in [-0.1, -0.05) is 0 Å². The van der Waals surface area contributed by atoms with E-state index in [1.165, 1.54) is 0 Å². The number of nitriles is 1. The minimum absolute atomic E-state index is 0.0884. The fraction of sp³-hybridized carbons (Fsp3) is 0.450. The fourth-order valence-corrected chi connectivity index (χ4v) is 3.59. The van der Waals surface area contributed by atoms with Gasteiger partial charge in [-0.3, -0.25) is 9.78 Å². The second kappa shape index (κ2) is 8.87. The predicted octanol–water partition coefficient (Wildman–Crippen LogP) is 1.21. The van der Waals surface area contributed by atoms with E-state index in [9.17, 15) is 10.1 Å². The zero-order chi connectivity index (χ0) is 20.1. The van der Waals surface area contributed by atoms with Crippen LogP contribution < -0.4 is 25.4 Å². The molecule has 8 nitrogen and oxygen atoms in total. The van der Waals surface area contributed by atoms with E-state index in [0.717, 1.165) is 30.6 Å². The summed E-state index contributed by atoms with van der Waals surface area (Å²) in [7, 11) is 3.14. The van der Waals surface area contributed by atoms with Crippen molar-refractivity contribution >= 4 is 22.4 Å². The number of nitrogens with one attached hydrogen (secondary N) is 1. The summed E-state index contributed by atoms with van der Waals surface area (Å²) in [5, 5.41) is 13.8. The minimum atomic E-state index is -0.319. The first-order valence-electron chi connectivity index (χ1n) is 9.28. The number of Topliss-reactive ketones (excluding diaryl/α,β-unsaturated/α-hetero) is 1. The normalized spacial score (nSPS) is 17.1. The van der Waals surface area contributed by atoms with Crippen molar-refractivity contribution in [3.05, 3.63) is 23.9 Å². The van der Waals surface area contributed by atoms with Crippen LogP contribution in [0.5, 0.6) is 11.5 Å². The van der Waals surface area contributed by atoms with E-state index < -0.39 is 0 Å². The summed E-state index contributed by atoms with van der Waals surface area (Å²) in [5.74, 6) is 1.23. The van der Waals surface area contributed by atoms with Crippen LogP contribution in [0, 0.1) is 11.3 Å². The highest BCUT2D eigenvalue weighted by atomic mass is 16.5. The van der Waals surface area contributed by atoms with E-state index in [1.54, 1.807) is 26.5 Å². The Morgan fingerprint density at radius 2 is 2.14 bits per heavy atom. The number of hydrogen-bond acceptors (Lipinski definition) is 8. The SMILES string of the molecule is COc1cc2ncc(C#N)c(N3CCCNC(C(=O)CCN)C3)c2cc1OC. The number of pyridine rings is 1. The van der Waals surface area contributed by atoms with Gasteiger partial charge in [-0.25, -0.2) is 0 Å². The molecule has 2 aromatic rings. The van der Waals surface area contributed by atoms with Gasteiger partial charge in [-0.15, -0.1) is 0 Å². The van der Waals surface area contributed by atoms with Crippen LogP contribution >= 0.6 is 0 Å². The van der Waals surface area contributed by atoms with Crippen LogP contribution in [0.2, 0.25) is 0 Å². The highest BCUT2D eigenvalue weighted by molar-refractivity contribution is 5.97. The van der Waals surface area contributed by atoms with Crippen molar-refractivity contribution in [3.8, 4) is 17.6 Å². The molecule has 2 heterocycles. The number of ether oxygens (including phenoxy) is 2. The lowest BCUT2D eigenvalue weighted by atomic mass is 10.1. The molecule has 1 saturated heterocycles. The molecule has 0 bridgehead atoms. The summed E-state index contributed by atoms with van der Waals surface area (Å²) in [6.45, 7) is 2.26. The Balaban J connectivity index is 2.11. The molecule has 3 rings (SSSR count). The van der Waals surface area contributed by atoms with Crippen LogP contribution in [-0.4, -0.2) is 57.2 Å². The van der Waals surface area contributed by atoms with E-state index in [1.807, 2.05) is 6.07 Å². The smallest absolute Gasteiger partial charge is 0.162 e. The van der Waals surface area contributed by atoms with Gasteiger partial charge in [0.2, 0.25) is 0 Å². The van der Waals surface area contributed by atoms with Crippen molar-refractivity contribution in [2.24, 2.45) is 5.73 Å². The minimum Gasteiger partial charge on any atom is -0.493 e. The molecule has 0 spiro atoms. The second-order valence-electron chi connectivity index (χ2n) is 6.67. The van der Waals surface area contributed by atoms with Crippen molar-refractivity contribution in [2.75, 3.05) is 45.3 Å². The maximum absolute atomic E-state index is 12.4. The topological polar surface area (TPSA) is 114 Å². The maximum atomic E-state index is 12.4. The van der Waals surface area contributed by atoms with Crippen LogP contribution in [0.15, 0.2) is 18.3 Å². The third kappa shape index (κ3) is 3.86. The summed E-state index contributed by atoms with van der Waals surface area (Å²) < 4.78 is 10.8. The Kier molecular flexibility index (Phi) is 6.29. The molecule has 1 aromatic carbocycles. The molecule has 3 N–H and O–H groups in total. The molecule has 1 aromatic heterocycles. The Bertz CT molecular complexity index is 909. The Hall–Kier alpha value is -2.89. The van der Waals surface area contributed by atoms with E-state index >= 15 is 0 Å². The van der Waals surface area contributed by atoms with Gasteiger partial charge in [0.1, 0.15) is 6.07 Å². The predicted molar refractivity (Wildman–Crippen MR) is 107 cm³/mol. The number of anilines is 1. The zero-order valence-corrected chi connectivity index (χ0v) is 16.2. The molecule has 1 aliphatic rings. The summed E-state index contributed by atoms with van der Waals surface area (Å²) in [6.07, 6.45) is 2.76. The molecule has 8 heteroatoms. The molecule has 28 heavy (non-hydrogen) atoms. The summed E-state index contributed by atoms with van der Waals surface area (Å²) in [6, 6.07) is 5.56. The number of nitrogens with zero attached hydrogens (tertiary/aromatic N) is 3. The molecule has 0 aliphatic carbocycles. The van der Waals surface area contributed by atoms with Crippen molar-refractivity contribution in [1.29, 1.82) is 5.26 Å². The van der Waals surface area contributed by atoms with Gasteiger partial charge in [-0.2, -0.15) is 5.26 Å². The number of nitrogens with two attached hydrogens (primary N) is 1. The van der Waals surface area contributed by atoms with Gasteiger partial charge in [0.15, 0.2) is 17.3 Å². The van der Waals surface area contributed by atoms with Gasteiger partial charge in [-0.05, 0) is 25.6 Å². The van der Waals surface area contributed by atoms with Crippen LogP contribution in [0.3, 0.4) is 0 Å². The summed E-state index contributed by atoms with van der Waals surface area (Å²) >= 11 is 0.